The first-order chi connectivity index (χ1) is 10.6. The molecule has 0 saturated carbocycles. The molecule has 134 valence electrons. The van der Waals surface area contributed by atoms with E-state index in [0.717, 1.165) is 49.6 Å². The van der Waals surface area contributed by atoms with E-state index < -0.39 is 0 Å². The topological polar surface area (TPSA) is 41.8 Å². The standard InChI is InChI=1S/C16H29BrN4O.HI/c1-5-6-9-22-10-7-8-19-16(18-2)21(4)13-15-11-14(17)12-20(15)3;/h11-12H,5-10,13H2,1-4H3,(H,18,19);1H. The molecule has 0 amide bonds. The summed E-state index contributed by atoms with van der Waals surface area (Å²) in [6.45, 7) is 5.54. The SMILES string of the molecule is CCCCOCCCNC(=NC)N(C)Cc1cc(Br)cn1C.I. The molecule has 0 atom stereocenters. The molecule has 0 fully saturated rings. The Bertz CT molecular complexity index is 465. The van der Waals surface area contributed by atoms with Gasteiger partial charge in [-0.05, 0) is 34.8 Å². The highest BCUT2D eigenvalue weighted by molar-refractivity contribution is 14.0. The van der Waals surface area contributed by atoms with Gasteiger partial charge in [0, 0.05) is 57.3 Å². The number of nitrogens with one attached hydrogen (secondary N) is 1. The Morgan fingerprint density at radius 1 is 1.39 bits per heavy atom. The lowest BCUT2D eigenvalue weighted by molar-refractivity contribution is 0.129. The molecule has 0 aromatic carbocycles. The predicted molar refractivity (Wildman–Crippen MR) is 112 cm³/mol. The van der Waals surface area contributed by atoms with Crippen LogP contribution in [0.25, 0.3) is 0 Å². The van der Waals surface area contributed by atoms with Crippen molar-refractivity contribution in [1.82, 2.24) is 14.8 Å². The van der Waals surface area contributed by atoms with Crippen LogP contribution in [0.15, 0.2) is 21.7 Å². The number of unbranched alkanes of at least 4 members (excludes halogenated alkanes) is 1. The van der Waals surface area contributed by atoms with Crippen molar-refractivity contribution in [2.75, 3.05) is 33.9 Å². The van der Waals surface area contributed by atoms with Crippen LogP contribution in [-0.4, -0.2) is 49.3 Å². The molecule has 0 spiro atoms. The third-order valence-electron chi connectivity index (χ3n) is 3.44. The van der Waals surface area contributed by atoms with Gasteiger partial charge in [0.05, 0.1) is 6.54 Å². The smallest absolute Gasteiger partial charge is 0.193 e. The first-order valence-electron chi connectivity index (χ1n) is 7.88. The molecule has 1 rings (SSSR count). The Kier molecular flexibility index (Phi) is 12.9. The molecule has 1 aromatic rings. The van der Waals surface area contributed by atoms with Gasteiger partial charge in [0.15, 0.2) is 5.96 Å². The van der Waals surface area contributed by atoms with Gasteiger partial charge < -0.3 is 19.5 Å². The molecule has 23 heavy (non-hydrogen) atoms. The fourth-order valence-corrected chi connectivity index (χ4v) is 2.72. The highest BCUT2D eigenvalue weighted by Crippen LogP contribution is 2.14. The van der Waals surface area contributed by atoms with Crippen LogP contribution in [0.3, 0.4) is 0 Å². The van der Waals surface area contributed by atoms with Crippen LogP contribution in [-0.2, 0) is 18.3 Å². The summed E-state index contributed by atoms with van der Waals surface area (Å²) >= 11 is 3.50. The Balaban J connectivity index is 0.00000484. The molecule has 5 nitrogen and oxygen atoms in total. The highest BCUT2D eigenvalue weighted by atomic mass is 127. The van der Waals surface area contributed by atoms with Crippen LogP contribution in [0.4, 0.5) is 0 Å². The number of aliphatic imine (C=N–C) groups is 1. The second-order valence-corrected chi connectivity index (χ2v) is 6.33. The van der Waals surface area contributed by atoms with E-state index in [-0.39, 0.29) is 24.0 Å². The van der Waals surface area contributed by atoms with Crippen LogP contribution in [0.5, 0.6) is 0 Å². The van der Waals surface area contributed by atoms with E-state index in [2.05, 4.69) is 61.9 Å². The number of guanidine groups is 1. The van der Waals surface area contributed by atoms with Gasteiger partial charge in [-0.3, -0.25) is 4.99 Å². The maximum Gasteiger partial charge on any atom is 0.193 e. The van der Waals surface area contributed by atoms with Crippen LogP contribution in [0.1, 0.15) is 31.9 Å². The molecule has 7 heteroatoms. The van der Waals surface area contributed by atoms with Crippen molar-refractivity contribution in [1.29, 1.82) is 0 Å². The Morgan fingerprint density at radius 2 is 2.09 bits per heavy atom. The third-order valence-corrected chi connectivity index (χ3v) is 3.87. The fourth-order valence-electron chi connectivity index (χ4n) is 2.15. The van der Waals surface area contributed by atoms with Crippen molar-refractivity contribution >= 4 is 45.9 Å². The van der Waals surface area contributed by atoms with Crippen molar-refractivity contribution in [3.8, 4) is 0 Å². The number of halogens is 2. The van der Waals surface area contributed by atoms with Crippen LogP contribution in [0.2, 0.25) is 0 Å². The summed E-state index contributed by atoms with van der Waals surface area (Å²) in [4.78, 5) is 6.46. The lowest BCUT2D eigenvalue weighted by Gasteiger charge is -2.22. The van der Waals surface area contributed by atoms with Gasteiger partial charge in [-0.2, -0.15) is 0 Å². The lowest BCUT2D eigenvalue weighted by Crippen LogP contribution is -2.39. The van der Waals surface area contributed by atoms with Crippen LogP contribution in [0, 0.1) is 0 Å². The molecule has 1 heterocycles. The number of aryl methyl sites for hydroxylation is 1. The maximum atomic E-state index is 5.56. The summed E-state index contributed by atoms with van der Waals surface area (Å²) in [5, 5.41) is 3.38. The number of aromatic nitrogens is 1. The normalized spacial score (nSPS) is 11.3. The second kappa shape index (κ2) is 13.1. The minimum absolute atomic E-state index is 0. The zero-order valence-electron chi connectivity index (χ0n) is 14.6. The third kappa shape index (κ3) is 8.95. The van der Waals surface area contributed by atoms with Crippen LogP contribution >= 0.6 is 39.9 Å². The Morgan fingerprint density at radius 3 is 2.65 bits per heavy atom. The number of ether oxygens (including phenoxy) is 1. The van der Waals surface area contributed by atoms with Gasteiger partial charge in [-0.15, -0.1) is 24.0 Å². The first-order valence-corrected chi connectivity index (χ1v) is 8.68. The summed E-state index contributed by atoms with van der Waals surface area (Å²) in [7, 11) is 5.92. The van der Waals surface area contributed by atoms with Crippen molar-refractivity contribution in [3.05, 3.63) is 22.4 Å². The van der Waals surface area contributed by atoms with E-state index in [1.54, 1.807) is 0 Å². The second-order valence-electron chi connectivity index (χ2n) is 5.41. The molecule has 0 bridgehead atoms. The van der Waals surface area contributed by atoms with E-state index >= 15 is 0 Å². The zero-order chi connectivity index (χ0) is 16.4. The zero-order valence-corrected chi connectivity index (χ0v) is 18.6. The summed E-state index contributed by atoms with van der Waals surface area (Å²) in [5.74, 6) is 0.908. The first kappa shape index (κ1) is 22.7. The van der Waals surface area contributed by atoms with Crippen molar-refractivity contribution in [2.24, 2.45) is 12.0 Å². The van der Waals surface area contributed by atoms with Gasteiger partial charge in [0.2, 0.25) is 0 Å². The van der Waals surface area contributed by atoms with Crippen molar-refractivity contribution in [3.63, 3.8) is 0 Å². The molecular weight excluding hydrogens is 471 g/mol. The maximum absolute atomic E-state index is 5.56. The average Bonchev–Trinajstić information content (AvgIpc) is 2.79. The summed E-state index contributed by atoms with van der Waals surface area (Å²) in [6, 6.07) is 2.13. The summed E-state index contributed by atoms with van der Waals surface area (Å²) in [6.07, 6.45) is 5.38. The van der Waals surface area contributed by atoms with Gasteiger partial charge in [-0.25, -0.2) is 0 Å². The van der Waals surface area contributed by atoms with E-state index in [1.165, 1.54) is 12.1 Å². The minimum Gasteiger partial charge on any atom is -0.381 e. The summed E-state index contributed by atoms with van der Waals surface area (Å²) < 4.78 is 8.78. The van der Waals surface area contributed by atoms with Gasteiger partial charge in [-0.1, -0.05) is 13.3 Å². The fraction of sp³-hybridized carbons (Fsp3) is 0.688. The van der Waals surface area contributed by atoms with E-state index in [9.17, 15) is 0 Å². The molecule has 0 aliphatic carbocycles. The molecule has 0 aliphatic rings. The van der Waals surface area contributed by atoms with E-state index in [1.807, 2.05) is 14.1 Å². The quantitative estimate of drug-likeness (QED) is 0.244. The Hall–Kier alpha value is -0.280. The van der Waals surface area contributed by atoms with Crippen molar-refractivity contribution < 1.29 is 4.74 Å². The summed E-state index contributed by atoms with van der Waals surface area (Å²) in [5.41, 5.74) is 1.24. The molecule has 1 N–H and O–H groups in total. The molecule has 0 radical (unpaired) electrons. The van der Waals surface area contributed by atoms with E-state index in [4.69, 9.17) is 4.74 Å². The predicted octanol–water partition coefficient (Wildman–Crippen LogP) is 3.62. The molecule has 0 saturated heterocycles. The number of nitrogens with zero attached hydrogens (tertiary/aromatic N) is 3. The molecule has 1 aromatic heterocycles. The lowest BCUT2D eigenvalue weighted by atomic mass is 10.3. The molecule has 0 unspecified atom stereocenters. The molecule has 0 aliphatic heterocycles. The monoisotopic (exact) mass is 500 g/mol. The minimum atomic E-state index is 0. The molecular formula is C16H30BrIN4O. The van der Waals surface area contributed by atoms with Gasteiger partial charge >= 0.3 is 0 Å². The Labute approximate surface area is 166 Å². The van der Waals surface area contributed by atoms with Crippen LogP contribution < -0.4 is 5.32 Å². The van der Waals surface area contributed by atoms with Gasteiger partial charge in [0.25, 0.3) is 0 Å². The number of hydrogen-bond donors (Lipinski definition) is 1. The average molecular weight is 501 g/mol. The van der Waals surface area contributed by atoms with Gasteiger partial charge in [0.1, 0.15) is 0 Å². The largest absolute Gasteiger partial charge is 0.381 e. The highest BCUT2D eigenvalue weighted by Gasteiger charge is 2.09. The van der Waals surface area contributed by atoms with E-state index in [0.29, 0.717) is 0 Å². The van der Waals surface area contributed by atoms with Crippen molar-refractivity contribution in [2.45, 2.75) is 32.7 Å². The number of hydrogen-bond acceptors (Lipinski definition) is 2. The number of rotatable bonds is 9.